The second-order valence-corrected chi connectivity index (χ2v) is 7.51. The lowest BCUT2D eigenvalue weighted by Crippen LogP contribution is -2.38. The monoisotopic (exact) mass is 297 g/mol. The molecule has 4 nitrogen and oxygen atoms in total. The van der Waals surface area contributed by atoms with Crippen LogP contribution in [0.1, 0.15) is 30.9 Å². The number of hydrogen-bond acceptors (Lipinski definition) is 3. The Morgan fingerprint density at radius 2 is 1.75 bits per heavy atom. The number of methoxy groups -OCH3 is 1. The number of nitrogens with zero attached hydrogens (tertiary/aromatic N) is 1. The third-order valence-corrected chi connectivity index (χ3v) is 6.31. The Balaban J connectivity index is 2.37. The van der Waals surface area contributed by atoms with Gasteiger partial charge < -0.3 is 4.74 Å². The van der Waals surface area contributed by atoms with Crippen LogP contribution < -0.4 is 4.74 Å². The molecule has 0 saturated carbocycles. The molecule has 1 fully saturated rings. The van der Waals surface area contributed by atoms with Gasteiger partial charge in [0.25, 0.3) is 0 Å². The van der Waals surface area contributed by atoms with Crippen LogP contribution in [-0.2, 0) is 10.0 Å². The van der Waals surface area contributed by atoms with Crippen LogP contribution in [0, 0.1) is 19.8 Å². The predicted octanol–water partition coefficient (Wildman–Crippen LogP) is 2.73. The van der Waals surface area contributed by atoms with Gasteiger partial charge in [-0.15, -0.1) is 0 Å². The Morgan fingerprint density at radius 3 is 2.30 bits per heavy atom. The average molecular weight is 297 g/mol. The molecule has 0 atom stereocenters. The largest absolute Gasteiger partial charge is 0.496 e. The molecule has 1 aliphatic heterocycles. The van der Waals surface area contributed by atoms with E-state index in [0.717, 1.165) is 29.7 Å². The predicted molar refractivity (Wildman–Crippen MR) is 79.6 cm³/mol. The van der Waals surface area contributed by atoms with Gasteiger partial charge in [0, 0.05) is 13.1 Å². The van der Waals surface area contributed by atoms with Gasteiger partial charge in [0.2, 0.25) is 10.0 Å². The second-order valence-electron chi connectivity index (χ2n) is 5.60. The summed E-state index contributed by atoms with van der Waals surface area (Å²) >= 11 is 0. The van der Waals surface area contributed by atoms with Crippen molar-refractivity contribution in [2.75, 3.05) is 20.2 Å². The summed E-state index contributed by atoms with van der Waals surface area (Å²) in [5, 5.41) is 0. The number of ether oxygens (including phenoxy) is 1. The van der Waals surface area contributed by atoms with E-state index in [1.165, 1.54) is 0 Å². The van der Waals surface area contributed by atoms with Crippen LogP contribution in [0.3, 0.4) is 0 Å². The molecule has 1 saturated heterocycles. The molecule has 0 N–H and O–H groups in total. The van der Waals surface area contributed by atoms with E-state index in [9.17, 15) is 8.42 Å². The van der Waals surface area contributed by atoms with E-state index >= 15 is 0 Å². The second kappa shape index (κ2) is 5.74. The number of benzene rings is 1. The van der Waals surface area contributed by atoms with Crippen molar-refractivity contribution in [3.63, 3.8) is 0 Å². The van der Waals surface area contributed by atoms with E-state index in [2.05, 4.69) is 6.92 Å². The molecule has 2 rings (SSSR count). The Labute approximate surface area is 121 Å². The fourth-order valence-electron chi connectivity index (χ4n) is 2.64. The summed E-state index contributed by atoms with van der Waals surface area (Å²) in [6.45, 7) is 7.15. The minimum Gasteiger partial charge on any atom is -0.496 e. The first-order valence-electron chi connectivity index (χ1n) is 7.02. The summed E-state index contributed by atoms with van der Waals surface area (Å²) < 4.78 is 32.4. The summed E-state index contributed by atoms with van der Waals surface area (Å²) in [4.78, 5) is 0.408. The zero-order chi connectivity index (χ0) is 14.9. The molecule has 0 bridgehead atoms. The zero-order valence-corrected chi connectivity index (χ0v) is 13.5. The van der Waals surface area contributed by atoms with Crippen molar-refractivity contribution in [2.45, 2.75) is 38.5 Å². The summed E-state index contributed by atoms with van der Waals surface area (Å²) in [5.74, 6) is 1.34. The first kappa shape index (κ1) is 15.3. The molecular formula is C15H23NO3S. The molecule has 0 aliphatic carbocycles. The molecule has 0 amide bonds. The minimum atomic E-state index is -3.39. The molecular weight excluding hydrogens is 274 g/mol. The Hall–Kier alpha value is -1.07. The van der Waals surface area contributed by atoms with Gasteiger partial charge in [-0.05, 0) is 55.9 Å². The molecule has 0 radical (unpaired) electrons. The molecule has 1 heterocycles. The van der Waals surface area contributed by atoms with Crippen LogP contribution in [0.2, 0.25) is 0 Å². The van der Waals surface area contributed by atoms with Crippen molar-refractivity contribution in [1.82, 2.24) is 4.31 Å². The highest BCUT2D eigenvalue weighted by atomic mass is 32.2. The number of hydrogen-bond donors (Lipinski definition) is 0. The molecule has 0 unspecified atom stereocenters. The molecule has 5 heteroatoms. The standard InChI is InChI=1S/C15H23NO3S/c1-11-7-9-16(10-8-11)20(17,18)15-6-5-14(19-4)12(2)13(15)3/h5-6,11H,7-10H2,1-4H3. The fraction of sp³-hybridized carbons (Fsp3) is 0.600. The van der Waals surface area contributed by atoms with Gasteiger partial charge in [-0.2, -0.15) is 4.31 Å². The first-order chi connectivity index (χ1) is 9.37. The SMILES string of the molecule is COc1ccc(S(=O)(=O)N2CCC(C)CC2)c(C)c1C. The van der Waals surface area contributed by atoms with E-state index in [0.29, 0.717) is 23.9 Å². The first-order valence-corrected chi connectivity index (χ1v) is 8.46. The van der Waals surface area contributed by atoms with Gasteiger partial charge in [0.05, 0.1) is 12.0 Å². The van der Waals surface area contributed by atoms with E-state index < -0.39 is 10.0 Å². The Morgan fingerprint density at radius 1 is 1.15 bits per heavy atom. The highest BCUT2D eigenvalue weighted by Crippen LogP contribution is 2.30. The topological polar surface area (TPSA) is 46.6 Å². The maximum atomic E-state index is 12.8. The average Bonchev–Trinajstić information content (AvgIpc) is 2.42. The number of rotatable bonds is 3. The smallest absolute Gasteiger partial charge is 0.243 e. The van der Waals surface area contributed by atoms with Gasteiger partial charge in [-0.25, -0.2) is 8.42 Å². The normalized spacial score (nSPS) is 18.2. The van der Waals surface area contributed by atoms with Gasteiger partial charge in [-0.1, -0.05) is 6.92 Å². The minimum absolute atomic E-state index is 0.408. The maximum Gasteiger partial charge on any atom is 0.243 e. The van der Waals surface area contributed by atoms with Crippen molar-refractivity contribution in [2.24, 2.45) is 5.92 Å². The maximum absolute atomic E-state index is 12.8. The third-order valence-electron chi connectivity index (χ3n) is 4.27. The van der Waals surface area contributed by atoms with Gasteiger partial charge >= 0.3 is 0 Å². The zero-order valence-electron chi connectivity index (χ0n) is 12.6. The molecule has 20 heavy (non-hydrogen) atoms. The summed E-state index contributed by atoms with van der Waals surface area (Å²) in [7, 11) is -1.79. The summed E-state index contributed by atoms with van der Waals surface area (Å²) in [6.07, 6.45) is 1.88. The van der Waals surface area contributed by atoms with Crippen molar-refractivity contribution in [3.05, 3.63) is 23.3 Å². The molecule has 0 aromatic heterocycles. The van der Waals surface area contributed by atoms with E-state index in [1.807, 2.05) is 13.8 Å². The van der Waals surface area contributed by atoms with Crippen molar-refractivity contribution >= 4 is 10.0 Å². The van der Waals surface area contributed by atoms with Crippen LogP contribution in [-0.4, -0.2) is 32.9 Å². The molecule has 0 spiro atoms. The lowest BCUT2D eigenvalue weighted by atomic mass is 10.0. The quantitative estimate of drug-likeness (QED) is 0.862. The Kier molecular flexibility index (Phi) is 4.39. The number of piperidine rings is 1. The van der Waals surface area contributed by atoms with E-state index in [4.69, 9.17) is 4.74 Å². The lowest BCUT2D eigenvalue weighted by Gasteiger charge is -2.30. The van der Waals surface area contributed by atoms with Gasteiger partial charge in [0.15, 0.2) is 0 Å². The molecule has 1 aliphatic rings. The van der Waals surface area contributed by atoms with Crippen molar-refractivity contribution < 1.29 is 13.2 Å². The molecule has 112 valence electrons. The van der Waals surface area contributed by atoms with Crippen LogP contribution in [0.5, 0.6) is 5.75 Å². The van der Waals surface area contributed by atoms with Crippen molar-refractivity contribution in [1.29, 1.82) is 0 Å². The van der Waals surface area contributed by atoms with E-state index in [-0.39, 0.29) is 0 Å². The Bertz CT molecular complexity index is 587. The van der Waals surface area contributed by atoms with Crippen molar-refractivity contribution in [3.8, 4) is 5.75 Å². The number of sulfonamides is 1. The fourth-order valence-corrected chi connectivity index (χ4v) is 4.39. The van der Waals surface area contributed by atoms with Gasteiger partial charge in [0.1, 0.15) is 5.75 Å². The van der Waals surface area contributed by atoms with Crippen LogP contribution in [0.15, 0.2) is 17.0 Å². The van der Waals surface area contributed by atoms with Crippen LogP contribution in [0.25, 0.3) is 0 Å². The highest BCUT2D eigenvalue weighted by Gasteiger charge is 2.29. The van der Waals surface area contributed by atoms with Crippen LogP contribution in [0.4, 0.5) is 0 Å². The molecule has 1 aromatic rings. The van der Waals surface area contributed by atoms with E-state index in [1.54, 1.807) is 23.5 Å². The highest BCUT2D eigenvalue weighted by molar-refractivity contribution is 7.89. The van der Waals surface area contributed by atoms with Gasteiger partial charge in [-0.3, -0.25) is 0 Å². The third kappa shape index (κ3) is 2.69. The molecule has 1 aromatic carbocycles. The summed E-state index contributed by atoms with van der Waals surface area (Å²) in [5.41, 5.74) is 1.67. The van der Waals surface area contributed by atoms with Crippen LogP contribution >= 0.6 is 0 Å². The summed E-state index contributed by atoms with van der Waals surface area (Å²) in [6, 6.07) is 3.40. The lowest BCUT2D eigenvalue weighted by molar-refractivity contribution is 0.288.